The van der Waals surface area contributed by atoms with Crippen molar-refractivity contribution < 1.29 is 4.74 Å². The van der Waals surface area contributed by atoms with Crippen molar-refractivity contribution in [3.8, 4) is 12.0 Å². The SMILES string of the molecule is COCCN(CCC#N)c1nc(Cl)nc(-n2cccn2)n1. The maximum absolute atomic E-state index is 8.75. The van der Waals surface area contributed by atoms with Crippen LogP contribution in [0.5, 0.6) is 0 Å². The third-order valence-corrected chi connectivity index (χ3v) is 2.80. The minimum Gasteiger partial charge on any atom is -0.383 e. The zero-order valence-corrected chi connectivity index (χ0v) is 12.2. The van der Waals surface area contributed by atoms with E-state index in [1.54, 1.807) is 25.6 Å². The highest BCUT2D eigenvalue weighted by atomic mass is 35.5. The van der Waals surface area contributed by atoms with Crippen molar-refractivity contribution in [2.45, 2.75) is 6.42 Å². The Morgan fingerprint density at radius 1 is 1.38 bits per heavy atom. The van der Waals surface area contributed by atoms with E-state index in [1.165, 1.54) is 4.68 Å². The summed E-state index contributed by atoms with van der Waals surface area (Å²) in [6.07, 6.45) is 3.68. The van der Waals surface area contributed by atoms with Gasteiger partial charge in [-0.05, 0) is 17.7 Å². The number of nitrogens with zero attached hydrogens (tertiary/aromatic N) is 7. The van der Waals surface area contributed by atoms with Gasteiger partial charge >= 0.3 is 0 Å². The first-order valence-corrected chi connectivity index (χ1v) is 6.65. The van der Waals surface area contributed by atoms with Crippen LogP contribution in [0.2, 0.25) is 5.28 Å². The summed E-state index contributed by atoms with van der Waals surface area (Å²) < 4.78 is 6.56. The number of hydrogen-bond donors (Lipinski definition) is 0. The van der Waals surface area contributed by atoms with Crippen LogP contribution in [0.25, 0.3) is 5.95 Å². The molecule has 2 rings (SSSR count). The van der Waals surface area contributed by atoms with E-state index in [4.69, 9.17) is 21.6 Å². The Bertz CT molecular complexity index is 611. The Kier molecular flexibility index (Phi) is 5.43. The molecule has 2 aromatic heterocycles. The average Bonchev–Trinajstić information content (AvgIpc) is 3.01. The lowest BCUT2D eigenvalue weighted by molar-refractivity contribution is 0.205. The molecule has 0 unspecified atom stereocenters. The van der Waals surface area contributed by atoms with E-state index < -0.39 is 0 Å². The Morgan fingerprint density at radius 2 is 2.24 bits per heavy atom. The minimum atomic E-state index is 0.0740. The largest absolute Gasteiger partial charge is 0.383 e. The fourth-order valence-corrected chi connectivity index (χ4v) is 1.81. The first kappa shape index (κ1) is 15.2. The molecule has 0 bridgehead atoms. The van der Waals surface area contributed by atoms with E-state index in [9.17, 15) is 0 Å². The summed E-state index contributed by atoms with van der Waals surface area (Å²) in [6, 6.07) is 3.86. The molecule has 9 heteroatoms. The molecular weight excluding hydrogens is 294 g/mol. The summed E-state index contributed by atoms with van der Waals surface area (Å²) in [6.45, 7) is 1.53. The number of rotatable bonds is 7. The van der Waals surface area contributed by atoms with Crippen LogP contribution in [0, 0.1) is 11.3 Å². The Balaban J connectivity index is 2.29. The molecule has 8 nitrogen and oxygen atoms in total. The molecule has 0 aromatic carbocycles. The molecule has 0 aliphatic heterocycles. The Morgan fingerprint density at radius 3 is 2.90 bits per heavy atom. The molecule has 0 saturated heterocycles. The van der Waals surface area contributed by atoms with Crippen LogP contribution in [0.4, 0.5) is 5.95 Å². The third kappa shape index (κ3) is 4.11. The molecule has 0 fully saturated rings. The van der Waals surface area contributed by atoms with Crippen LogP contribution in [0.15, 0.2) is 18.5 Å². The summed E-state index contributed by atoms with van der Waals surface area (Å²) in [7, 11) is 1.61. The second-order valence-corrected chi connectivity index (χ2v) is 4.38. The number of ether oxygens (including phenoxy) is 1. The second-order valence-electron chi connectivity index (χ2n) is 4.04. The molecule has 0 radical (unpaired) electrons. The standard InChI is InChI=1S/C12H14ClN7O/c1-21-9-8-19(6-2-4-14)11-16-10(13)17-12(18-11)20-7-3-5-15-20/h3,5,7H,2,6,8-9H2,1H3. The van der Waals surface area contributed by atoms with Gasteiger partial charge in [-0.2, -0.15) is 25.3 Å². The maximum Gasteiger partial charge on any atom is 0.256 e. The van der Waals surface area contributed by atoms with Gasteiger partial charge < -0.3 is 9.64 Å². The highest BCUT2D eigenvalue weighted by Gasteiger charge is 2.13. The lowest BCUT2D eigenvalue weighted by atomic mass is 10.4. The van der Waals surface area contributed by atoms with Gasteiger partial charge in [-0.1, -0.05) is 0 Å². The fraction of sp³-hybridized carbons (Fsp3) is 0.417. The van der Waals surface area contributed by atoms with Gasteiger partial charge in [0.2, 0.25) is 11.2 Å². The predicted molar refractivity (Wildman–Crippen MR) is 76.3 cm³/mol. The minimum absolute atomic E-state index is 0.0740. The van der Waals surface area contributed by atoms with Gasteiger partial charge in [-0.25, -0.2) is 4.68 Å². The van der Waals surface area contributed by atoms with Crippen LogP contribution in [-0.2, 0) is 4.74 Å². The van der Waals surface area contributed by atoms with Crippen molar-refractivity contribution >= 4 is 17.5 Å². The molecule has 0 amide bonds. The van der Waals surface area contributed by atoms with Crippen molar-refractivity contribution in [1.82, 2.24) is 24.7 Å². The van der Waals surface area contributed by atoms with Gasteiger partial charge in [0.05, 0.1) is 19.1 Å². The van der Waals surface area contributed by atoms with Gasteiger partial charge in [0.1, 0.15) is 0 Å². The van der Waals surface area contributed by atoms with Crippen LogP contribution in [0.3, 0.4) is 0 Å². The zero-order valence-electron chi connectivity index (χ0n) is 11.5. The number of methoxy groups -OCH3 is 1. The van der Waals surface area contributed by atoms with Crippen molar-refractivity contribution in [2.75, 3.05) is 31.7 Å². The smallest absolute Gasteiger partial charge is 0.256 e. The molecule has 2 aromatic rings. The summed E-state index contributed by atoms with van der Waals surface area (Å²) in [5, 5.41) is 12.9. The second kappa shape index (κ2) is 7.52. The highest BCUT2D eigenvalue weighted by molar-refractivity contribution is 6.28. The molecule has 0 aliphatic carbocycles. The van der Waals surface area contributed by atoms with Gasteiger partial charge in [0.25, 0.3) is 5.95 Å². The van der Waals surface area contributed by atoms with E-state index in [0.29, 0.717) is 38.0 Å². The summed E-state index contributed by atoms with van der Waals surface area (Å²) in [4.78, 5) is 14.3. The number of aromatic nitrogens is 5. The van der Waals surface area contributed by atoms with Crippen LogP contribution in [0.1, 0.15) is 6.42 Å². The Hall–Kier alpha value is -2.24. The van der Waals surface area contributed by atoms with Crippen molar-refractivity contribution in [3.63, 3.8) is 0 Å². The van der Waals surface area contributed by atoms with Gasteiger partial charge in [-0.3, -0.25) is 0 Å². The van der Waals surface area contributed by atoms with Crippen molar-refractivity contribution in [3.05, 3.63) is 23.7 Å². The van der Waals surface area contributed by atoms with Crippen molar-refractivity contribution in [2.24, 2.45) is 0 Å². The van der Waals surface area contributed by atoms with E-state index >= 15 is 0 Å². The Labute approximate surface area is 127 Å². The van der Waals surface area contributed by atoms with E-state index in [0.717, 1.165) is 0 Å². The molecular formula is C12H14ClN7O. The maximum atomic E-state index is 8.75. The van der Waals surface area contributed by atoms with E-state index in [-0.39, 0.29) is 5.28 Å². The summed E-state index contributed by atoms with van der Waals surface area (Å²) in [5.74, 6) is 0.724. The fourth-order valence-electron chi connectivity index (χ4n) is 1.66. The van der Waals surface area contributed by atoms with E-state index in [1.807, 2.05) is 4.90 Å². The van der Waals surface area contributed by atoms with Gasteiger partial charge in [0, 0.05) is 32.6 Å². The highest BCUT2D eigenvalue weighted by Crippen LogP contribution is 2.13. The molecule has 0 N–H and O–H groups in total. The van der Waals surface area contributed by atoms with Crippen LogP contribution in [-0.4, -0.2) is 51.5 Å². The molecule has 21 heavy (non-hydrogen) atoms. The molecule has 0 spiro atoms. The van der Waals surface area contributed by atoms with Crippen LogP contribution < -0.4 is 4.90 Å². The molecule has 110 valence electrons. The molecule has 2 heterocycles. The topological polar surface area (TPSA) is 92.8 Å². The monoisotopic (exact) mass is 307 g/mol. The number of nitriles is 1. The molecule has 0 atom stereocenters. The quantitative estimate of drug-likeness (QED) is 0.755. The number of anilines is 1. The van der Waals surface area contributed by atoms with E-state index in [2.05, 4.69) is 26.1 Å². The summed E-state index contributed by atoms with van der Waals surface area (Å²) in [5.41, 5.74) is 0. The summed E-state index contributed by atoms with van der Waals surface area (Å²) >= 11 is 5.95. The third-order valence-electron chi connectivity index (χ3n) is 2.64. The van der Waals surface area contributed by atoms with Crippen LogP contribution >= 0.6 is 11.6 Å². The average molecular weight is 308 g/mol. The molecule has 0 saturated carbocycles. The molecule has 0 aliphatic rings. The normalized spacial score (nSPS) is 10.3. The van der Waals surface area contributed by atoms with Gasteiger partial charge in [0.15, 0.2) is 0 Å². The first-order chi connectivity index (χ1) is 10.2. The predicted octanol–water partition coefficient (Wildman–Crippen LogP) is 1.08. The first-order valence-electron chi connectivity index (χ1n) is 6.27. The van der Waals surface area contributed by atoms with Crippen molar-refractivity contribution in [1.29, 1.82) is 5.26 Å². The zero-order chi connectivity index (χ0) is 15.1. The lowest BCUT2D eigenvalue weighted by Crippen LogP contribution is -2.30. The van der Waals surface area contributed by atoms with Gasteiger partial charge in [-0.15, -0.1) is 0 Å². The number of hydrogen-bond acceptors (Lipinski definition) is 7. The lowest BCUT2D eigenvalue weighted by Gasteiger charge is -2.21. The number of halogens is 1.